The Morgan fingerprint density at radius 3 is 2.15 bits per heavy atom. The first kappa shape index (κ1) is 24.6. The van der Waals surface area contributed by atoms with Crippen LogP contribution in [0.4, 0.5) is 0 Å². The molecule has 0 aromatic heterocycles. The molecule has 3 aromatic carbocycles. The minimum Gasteiger partial charge on any atom is -0.354 e. The summed E-state index contributed by atoms with van der Waals surface area (Å²) in [6.45, 7) is 5.05. The minimum absolute atomic E-state index is 0.0444. The third kappa shape index (κ3) is 7.79. The van der Waals surface area contributed by atoms with E-state index in [9.17, 15) is 9.59 Å². The van der Waals surface area contributed by atoms with Gasteiger partial charge in [-0.25, -0.2) is 0 Å². The van der Waals surface area contributed by atoms with Gasteiger partial charge in [-0.3, -0.25) is 9.59 Å². The van der Waals surface area contributed by atoms with Gasteiger partial charge in [0.05, 0.1) is 5.75 Å². The van der Waals surface area contributed by atoms with E-state index in [0.29, 0.717) is 19.5 Å². The van der Waals surface area contributed by atoms with Crippen LogP contribution in [-0.4, -0.2) is 35.1 Å². The summed E-state index contributed by atoms with van der Waals surface area (Å²) in [5.74, 6) is 0.130. The van der Waals surface area contributed by atoms with Crippen molar-refractivity contribution in [1.29, 1.82) is 0 Å². The van der Waals surface area contributed by atoms with E-state index in [1.807, 2.05) is 98.8 Å². The Labute approximate surface area is 201 Å². The molecule has 0 spiro atoms. The third-order valence-electron chi connectivity index (χ3n) is 5.40. The van der Waals surface area contributed by atoms with Crippen LogP contribution in [0.5, 0.6) is 0 Å². The largest absolute Gasteiger partial charge is 0.354 e. The molecular weight excluding hydrogens is 428 g/mol. The molecule has 1 atom stereocenters. The minimum atomic E-state index is -0.580. The average molecular weight is 461 g/mol. The highest BCUT2D eigenvalue weighted by atomic mass is 32.2. The molecule has 4 nitrogen and oxygen atoms in total. The summed E-state index contributed by atoms with van der Waals surface area (Å²) < 4.78 is 0. The zero-order valence-corrected chi connectivity index (χ0v) is 20.2. The molecule has 3 rings (SSSR count). The van der Waals surface area contributed by atoms with E-state index in [0.717, 1.165) is 28.0 Å². The van der Waals surface area contributed by atoms with Crippen molar-refractivity contribution in [2.45, 2.75) is 44.2 Å². The van der Waals surface area contributed by atoms with Gasteiger partial charge in [0.2, 0.25) is 11.8 Å². The van der Waals surface area contributed by atoms with Gasteiger partial charge < -0.3 is 10.2 Å². The van der Waals surface area contributed by atoms with Gasteiger partial charge in [-0.1, -0.05) is 85.3 Å². The van der Waals surface area contributed by atoms with E-state index in [4.69, 9.17) is 0 Å². The molecule has 0 aliphatic carbocycles. The molecule has 5 heteroatoms. The van der Waals surface area contributed by atoms with Crippen molar-refractivity contribution >= 4 is 23.6 Å². The second kappa shape index (κ2) is 12.9. The number of rotatable bonds is 11. The number of thioether (sulfide) groups is 1. The molecule has 0 unspecified atom stereocenters. The number of amides is 2. The van der Waals surface area contributed by atoms with E-state index < -0.39 is 6.04 Å². The smallest absolute Gasteiger partial charge is 0.243 e. The van der Waals surface area contributed by atoms with E-state index in [1.54, 1.807) is 4.90 Å². The van der Waals surface area contributed by atoms with E-state index in [2.05, 4.69) is 5.32 Å². The quantitative estimate of drug-likeness (QED) is 0.398. The molecule has 0 aliphatic heterocycles. The molecule has 0 heterocycles. The normalized spacial score (nSPS) is 11.6. The van der Waals surface area contributed by atoms with Crippen molar-refractivity contribution in [3.63, 3.8) is 0 Å². The van der Waals surface area contributed by atoms with Crippen LogP contribution in [0.3, 0.4) is 0 Å². The monoisotopic (exact) mass is 460 g/mol. The summed E-state index contributed by atoms with van der Waals surface area (Å²) >= 11 is 1.50. The number of carbonyl (C=O) groups excluding carboxylic acids is 2. The van der Waals surface area contributed by atoms with Crippen molar-refractivity contribution in [2.24, 2.45) is 0 Å². The standard InChI is InChI=1S/C28H32N2O2S/c1-3-18-29-28(32)26(19-23-10-6-4-7-11-23)30(20-24-16-14-22(2)15-17-24)27(31)21-33-25-12-8-5-9-13-25/h4-17,26H,3,18-21H2,1-2H3,(H,29,32)/t26-/m1/s1. The summed E-state index contributed by atoms with van der Waals surface area (Å²) in [6.07, 6.45) is 1.32. The highest BCUT2D eigenvalue weighted by molar-refractivity contribution is 8.00. The maximum Gasteiger partial charge on any atom is 0.243 e. The second-order valence-electron chi connectivity index (χ2n) is 8.11. The molecule has 2 amide bonds. The van der Waals surface area contributed by atoms with E-state index in [1.165, 1.54) is 11.8 Å². The summed E-state index contributed by atoms with van der Waals surface area (Å²) in [6, 6.07) is 27.4. The van der Waals surface area contributed by atoms with Crippen molar-refractivity contribution in [1.82, 2.24) is 10.2 Å². The zero-order valence-electron chi connectivity index (χ0n) is 19.4. The fraction of sp³-hybridized carbons (Fsp3) is 0.286. The third-order valence-corrected chi connectivity index (χ3v) is 6.40. The van der Waals surface area contributed by atoms with Gasteiger partial charge in [0.15, 0.2) is 0 Å². The number of carbonyl (C=O) groups is 2. The first-order valence-electron chi connectivity index (χ1n) is 11.4. The molecule has 172 valence electrons. The van der Waals surface area contributed by atoms with Gasteiger partial charge in [-0.2, -0.15) is 0 Å². The number of nitrogens with zero attached hydrogens (tertiary/aromatic N) is 1. The molecular formula is C28H32N2O2S. The van der Waals surface area contributed by atoms with Crippen molar-refractivity contribution < 1.29 is 9.59 Å². The van der Waals surface area contributed by atoms with Crippen molar-refractivity contribution in [2.75, 3.05) is 12.3 Å². The van der Waals surface area contributed by atoms with Gasteiger partial charge in [-0.05, 0) is 36.6 Å². The van der Waals surface area contributed by atoms with Crippen LogP contribution in [0.2, 0.25) is 0 Å². The number of hydrogen-bond acceptors (Lipinski definition) is 3. The predicted molar refractivity (Wildman–Crippen MR) is 136 cm³/mol. The summed E-state index contributed by atoms with van der Waals surface area (Å²) in [5, 5.41) is 3.02. The van der Waals surface area contributed by atoms with Crippen molar-refractivity contribution in [3.05, 3.63) is 102 Å². The van der Waals surface area contributed by atoms with E-state index >= 15 is 0 Å². The number of nitrogens with one attached hydrogen (secondary N) is 1. The first-order chi connectivity index (χ1) is 16.1. The topological polar surface area (TPSA) is 49.4 Å². The number of aryl methyl sites for hydroxylation is 1. The molecule has 0 saturated heterocycles. The Balaban J connectivity index is 1.87. The Bertz CT molecular complexity index is 1010. The Kier molecular flexibility index (Phi) is 9.58. The van der Waals surface area contributed by atoms with Gasteiger partial charge >= 0.3 is 0 Å². The fourth-order valence-electron chi connectivity index (χ4n) is 3.55. The van der Waals surface area contributed by atoms with Gasteiger partial charge in [-0.15, -0.1) is 11.8 Å². The Morgan fingerprint density at radius 2 is 1.52 bits per heavy atom. The number of benzene rings is 3. The fourth-order valence-corrected chi connectivity index (χ4v) is 4.36. The zero-order chi connectivity index (χ0) is 23.5. The molecule has 0 bridgehead atoms. The number of hydrogen-bond donors (Lipinski definition) is 1. The highest BCUT2D eigenvalue weighted by Crippen LogP contribution is 2.21. The average Bonchev–Trinajstić information content (AvgIpc) is 2.85. The lowest BCUT2D eigenvalue weighted by atomic mass is 10.0. The molecule has 1 N–H and O–H groups in total. The maximum absolute atomic E-state index is 13.5. The SMILES string of the molecule is CCCNC(=O)[C@@H](Cc1ccccc1)N(Cc1ccc(C)cc1)C(=O)CSc1ccccc1. The lowest BCUT2D eigenvalue weighted by Crippen LogP contribution is -2.51. The van der Waals surface area contributed by atoms with Crippen LogP contribution < -0.4 is 5.32 Å². The summed E-state index contributed by atoms with van der Waals surface area (Å²) in [7, 11) is 0. The lowest BCUT2D eigenvalue weighted by Gasteiger charge is -2.31. The van der Waals surface area contributed by atoms with Gasteiger partial charge in [0.1, 0.15) is 6.04 Å². The Morgan fingerprint density at radius 1 is 0.879 bits per heavy atom. The highest BCUT2D eigenvalue weighted by Gasteiger charge is 2.30. The van der Waals surface area contributed by atoms with E-state index in [-0.39, 0.29) is 17.6 Å². The van der Waals surface area contributed by atoms with Crippen LogP contribution >= 0.6 is 11.8 Å². The molecule has 0 aliphatic rings. The predicted octanol–water partition coefficient (Wildman–Crippen LogP) is 5.25. The van der Waals surface area contributed by atoms with Crippen LogP contribution in [0.15, 0.2) is 89.8 Å². The van der Waals surface area contributed by atoms with Crippen molar-refractivity contribution in [3.8, 4) is 0 Å². The lowest BCUT2D eigenvalue weighted by molar-refractivity contribution is -0.139. The Hall–Kier alpha value is -3.05. The van der Waals surface area contributed by atoms with Crippen LogP contribution in [-0.2, 0) is 22.6 Å². The van der Waals surface area contributed by atoms with Crippen LogP contribution in [0.1, 0.15) is 30.0 Å². The second-order valence-corrected chi connectivity index (χ2v) is 9.15. The maximum atomic E-state index is 13.5. The molecule has 33 heavy (non-hydrogen) atoms. The molecule has 3 aromatic rings. The summed E-state index contributed by atoms with van der Waals surface area (Å²) in [4.78, 5) is 29.6. The van der Waals surface area contributed by atoms with Crippen LogP contribution in [0.25, 0.3) is 0 Å². The molecule has 0 fully saturated rings. The molecule has 0 radical (unpaired) electrons. The summed E-state index contributed by atoms with van der Waals surface area (Å²) in [5.41, 5.74) is 3.21. The van der Waals surface area contributed by atoms with Gasteiger partial charge in [0, 0.05) is 24.4 Å². The molecule has 0 saturated carbocycles. The first-order valence-corrected chi connectivity index (χ1v) is 12.4. The van der Waals surface area contributed by atoms with Crippen LogP contribution in [0, 0.1) is 6.92 Å². The van der Waals surface area contributed by atoms with Gasteiger partial charge in [0.25, 0.3) is 0 Å².